The second kappa shape index (κ2) is 7.92. The Bertz CT molecular complexity index is 484. The molecule has 0 fully saturated rings. The molecular weight excluding hydrogens is 278 g/mol. The lowest BCUT2D eigenvalue weighted by molar-refractivity contribution is 0.588. The summed E-state index contributed by atoms with van der Waals surface area (Å²) in [6.45, 7) is 5.13. The molecule has 0 bridgehead atoms. The number of nitrogens with one attached hydrogen (secondary N) is 1. The quantitative estimate of drug-likeness (QED) is 0.592. The van der Waals surface area contributed by atoms with Crippen LogP contribution in [0.25, 0.3) is 0 Å². The molecule has 1 N–H and O–H groups in total. The molecule has 0 spiro atoms. The smallest absolute Gasteiger partial charge is 0.147 e. The molecule has 0 aliphatic carbocycles. The normalized spacial score (nSPS) is 12.0. The first-order chi connectivity index (χ1) is 8.87. The van der Waals surface area contributed by atoms with Gasteiger partial charge in [-0.3, -0.25) is 0 Å². The van der Waals surface area contributed by atoms with Crippen molar-refractivity contribution in [1.82, 2.24) is 5.32 Å². The van der Waals surface area contributed by atoms with E-state index in [2.05, 4.69) is 43.4 Å². The zero-order chi connectivity index (χ0) is 14.3. The summed E-state index contributed by atoms with van der Waals surface area (Å²) in [4.78, 5) is 1.21. The Morgan fingerprint density at radius 1 is 1.32 bits per heavy atom. The fraction of sp³-hybridized carbons (Fsp3) is 0.571. The minimum atomic E-state index is -2.83. The maximum atomic E-state index is 11.0. The third-order valence-electron chi connectivity index (χ3n) is 2.54. The molecular formula is C14H23NO2S2. The van der Waals surface area contributed by atoms with Crippen LogP contribution in [0.1, 0.15) is 25.8 Å². The highest BCUT2D eigenvalue weighted by molar-refractivity contribution is 7.99. The van der Waals surface area contributed by atoms with Crippen LogP contribution >= 0.6 is 11.8 Å². The second-order valence-electron chi connectivity index (χ2n) is 5.01. The molecule has 0 amide bonds. The van der Waals surface area contributed by atoms with E-state index in [-0.39, 0.29) is 5.75 Å². The fourth-order valence-electron chi connectivity index (χ4n) is 1.58. The predicted molar refractivity (Wildman–Crippen MR) is 83.5 cm³/mol. The monoisotopic (exact) mass is 301 g/mol. The minimum absolute atomic E-state index is 0.272. The van der Waals surface area contributed by atoms with Crippen molar-refractivity contribution >= 4 is 21.6 Å². The summed E-state index contributed by atoms with van der Waals surface area (Å²) in [6, 6.07) is 8.88. The molecule has 1 aromatic carbocycles. The van der Waals surface area contributed by atoms with Crippen molar-refractivity contribution in [2.24, 2.45) is 0 Å². The minimum Gasteiger partial charge on any atom is -0.310 e. The van der Waals surface area contributed by atoms with Crippen molar-refractivity contribution in [3.63, 3.8) is 0 Å². The van der Waals surface area contributed by atoms with Crippen LogP contribution in [0, 0.1) is 0 Å². The van der Waals surface area contributed by atoms with E-state index in [4.69, 9.17) is 0 Å². The first-order valence-corrected chi connectivity index (χ1v) is 9.54. The maximum Gasteiger partial charge on any atom is 0.147 e. The molecule has 0 aromatic heterocycles. The molecule has 0 atom stereocenters. The van der Waals surface area contributed by atoms with Gasteiger partial charge in [0.05, 0.1) is 5.75 Å². The van der Waals surface area contributed by atoms with Gasteiger partial charge in [-0.25, -0.2) is 8.42 Å². The van der Waals surface area contributed by atoms with Crippen LogP contribution in [-0.2, 0) is 16.4 Å². The summed E-state index contributed by atoms with van der Waals surface area (Å²) in [5.74, 6) is 1.11. The number of sulfone groups is 1. The number of hydrogen-bond acceptors (Lipinski definition) is 4. The summed E-state index contributed by atoms with van der Waals surface area (Å²) in [5.41, 5.74) is 1.27. The summed E-state index contributed by atoms with van der Waals surface area (Å²) in [7, 11) is -2.83. The molecule has 5 heteroatoms. The van der Waals surface area contributed by atoms with E-state index in [9.17, 15) is 8.42 Å². The average Bonchev–Trinajstić information content (AvgIpc) is 2.32. The van der Waals surface area contributed by atoms with Gasteiger partial charge < -0.3 is 5.32 Å². The van der Waals surface area contributed by atoms with Crippen LogP contribution in [0.4, 0.5) is 0 Å². The summed E-state index contributed by atoms with van der Waals surface area (Å²) >= 11 is 1.72. The Morgan fingerprint density at radius 3 is 2.68 bits per heavy atom. The zero-order valence-electron chi connectivity index (χ0n) is 11.8. The fourth-order valence-corrected chi connectivity index (χ4v) is 3.36. The van der Waals surface area contributed by atoms with Gasteiger partial charge in [-0.05, 0) is 29.9 Å². The van der Waals surface area contributed by atoms with Crippen molar-refractivity contribution in [2.75, 3.05) is 17.8 Å². The van der Waals surface area contributed by atoms with Crippen molar-refractivity contribution in [1.29, 1.82) is 0 Å². The lowest BCUT2D eigenvalue weighted by Crippen LogP contribution is -2.21. The van der Waals surface area contributed by atoms with Gasteiger partial charge in [0.15, 0.2) is 0 Å². The summed E-state index contributed by atoms with van der Waals surface area (Å²) < 4.78 is 22.1. The molecule has 0 unspecified atom stereocenters. The molecule has 108 valence electrons. The van der Waals surface area contributed by atoms with Gasteiger partial charge in [0.2, 0.25) is 0 Å². The van der Waals surface area contributed by atoms with Crippen LogP contribution in [-0.4, -0.2) is 32.2 Å². The molecule has 3 nitrogen and oxygen atoms in total. The van der Waals surface area contributed by atoms with Crippen LogP contribution < -0.4 is 5.32 Å². The molecule has 0 saturated heterocycles. The molecule has 0 aliphatic heterocycles. The molecule has 0 aliphatic rings. The summed E-state index contributed by atoms with van der Waals surface area (Å²) in [6.07, 6.45) is 1.99. The van der Waals surface area contributed by atoms with E-state index < -0.39 is 9.84 Å². The highest BCUT2D eigenvalue weighted by Gasteiger charge is 2.02. The van der Waals surface area contributed by atoms with Crippen molar-refractivity contribution in [3.05, 3.63) is 29.8 Å². The molecule has 19 heavy (non-hydrogen) atoms. The molecule has 1 aromatic rings. The van der Waals surface area contributed by atoms with Crippen LogP contribution in [0.3, 0.4) is 0 Å². The van der Waals surface area contributed by atoms with E-state index in [1.165, 1.54) is 16.7 Å². The number of hydrogen-bond donors (Lipinski definition) is 1. The van der Waals surface area contributed by atoms with Gasteiger partial charge in [0, 0.05) is 23.7 Å². The van der Waals surface area contributed by atoms with Crippen molar-refractivity contribution < 1.29 is 8.42 Å². The standard InChI is InChI=1S/C14H23NO2S2/c1-12(2)15-11-13-6-4-7-14(10-13)18-8-5-9-19(3,16)17/h4,6-7,10,12,15H,5,8-9,11H2,1-3H3. The highest BCUT2D eigenvalue weighted by Crippen LogP contribution is 2.20. The van der Waals surface area contributed by atoms with Gasteiger partial charge in [0.25, 0.3) is 0 Å². The first-order valence-electron chi connectivity index (χ1n) is 6.49. The molecule has 0 saturated carbocycles. The Morgan fingerprint density at radius 2 is 2.05 bits per heavy atom. The largest absolute Gasteiger partial charge is 0.310 e. The van der Waals surface area contributed by atoms with Crippen molar-refractivity contribution in [2.45, 2.75) is 37.8 Å². The average molecular weight is 301 g/mol. The summed E-state index contributed by atoms with van der Waals surface area (Å²) in [5, 5.41) is 3.39. The third kappa shape index (κ3) is 8.29. The molecule has 1 rings (SSSR count). The highest BCUT2D eigenvalue weighted by atomic mass is 32.2. The molecule has 0 radical (unpaired) electrons. The molecule has 0 heterocycles. The second-order valence-corrected chi connectivity index (χ2v) is 8.44. The van der Waals surface area contributed by atoms with Crippen LogP contribution in [0.5, 0.6) is 0 Å². The van der Waals surface area contributed by atoms with Gasteiger partial charge in [-0.1, -0.05) is 26.0 Å². The zero-order valence-corrected chi connectivity index (χ0v) is 13.5. The van der Waals surface area contributed by atoms with E-state index in [1.807, 2.05) is 0 Å². The van der Waals surface area contributed by atoms with Gasteiger partial charge in [0.1, 0.15) is 9.84 Å². The Hall–Kier alpha value is -0.520. The van der Waals surface area contributed by atoms with E-state index >= 15 is 0 Å². The van der Waals surface area contributed by atoms with Crippen molar-refractivity contribution in [3.8, 4) is 0 Å². The van der Waals surface area contributed by atoms with Gasteiger partial charge in [-0.2, -0.15) is 0 Å². The number of benzene rings is 1. The topological polar surface area (TPSA) is 46.2 Å². The van der Waals surface area contributed by atoms with Gasteiger partial charge >= 0.3 is 0 Å². The number of thioether (sulfide) groups is 1. The van der Waals surface area contributed by atoms with E-state index in [0.29, 0.717) is 12.5 Å². The SMILES string of the molecule is CC(C)NCc1cccc(SCCCS(C)(=O)=O)c1. The lowest BCUT2D eigenvalue weighted by Gasteiger charge is -2.09. The lowest BCUT2D eigenvalue weighted by atomic mass is 10.2. The Labute approximate surface area is 121 Å². The van der Waals surface area contributed by atoms with E-state index in [1.54, 1.807) is 11.8 Å². The van der Waals surface area contributed by atoms with Crippen LogP contribution in [0.15, 0.2) is 29.2 Å². The maximum absolute atomic E-state index is 11.0. The van der Waals surface area contributed by atoms with E-state index in [0.717, 1.165) is 12.3 Å². The number of rotatable bonds is 8. The Balaban J connectivity index is 2.39. The van der Waals surface area contributed by atoms with Gasteiger partial charge in [-0.15, -0.1) is 11.8 Å². The predicted octanol–water partition coefficient (Wildman–Crippen LogP) is 2.71. The van der Waals surface area contributed by atoms with Crippen LogP contribution in [0.2, 0.25) is 0 Å². The third-order valence-corrected chi connectivity index (χ3v) is 4.65. The Kier molecular flexibility index (Phi) is 6.89. The first kappa shape index (κ1) is 16.5.